The average Bonchev–Trinajstić information content (AvgIpc) is 2.31. The third-order valence-electron chi connectivity index (χ3n) is 3.30. The number of methoxy groups -OCH3 is 1. The molecule has 1 saturated carbocycles. The van der Waals surface area contributed by atoms with E-state index >= 15 is 0 Å². The van der Waals surface area contributed by atoms with Gasteiger partial charge in [0.15, 0.2) is 0 Å². The van der Waals surface area contributed by atoms with Crippen LogP contribution in [0.3, 0.4) is 0 Å². The zero-order chi connectivity index (χ0) is 12.0. The van der Waals surface area contributed by atoms with Crippen LogP contribution in [-0.2, 0) is 14.3 Å². The summed E-state index contributed by atoms with van der Waals surface area (Å²) in [6.07, 6.45) is 4.91. The van der Waals surface area contributed by atoms with Crippen LogP contribution in [0.15, 0.2) is 0 Å². The third kappa shape index (κ3) is 3.76. The molecule has 16 heavy (non-hydrogen) atoms. The van der Waals surface area contributed by atoms with Gasteiger partial charge in [0, 0.05) is 20.1 Å². The molecule has 2 N–H and O–H groups in total. The molecular formula is C12H23NO3. The van der Waals surface area contributed by atoms with Gasteiger partial charge >= 0.3 is 5.97 Å². The SMILES string of the molecule is CCC(CN)C(=O)OC1CCCC(OC)C1. The highest BCUT2D eigenvalue weighted by Gasteiger charge is 2.26. The minimum Gasteiger partial charge on any atom is -0.462 e. The minimum atomic E-state index is -0.150. The van der Waals surface area contributed by atoms with E-state index in [2.05, 4.69) is 0 Å². The molecule has 0 spiro atoms. The van der Waals surface area contributed by atoms with Gasteiger partial charge in [-0.05, 0) is 25.7 Å². The van der Waals surface area contributed by atoms with Gasteiger partial charge in [-0.2, -0.15) is 0 Å². The van der Waals surface area contributed by atoms with Crippen LogP contribution in [0.5, 0.6) is 0 Å². The Balaban J connectivity index is 2.38. The molecule has 0 amide bonds. The van der Waals surface area contributed by atoms with Crippen molar-refractivity contribution in [1.82, 2.24) is 0 Å². The number of carbonyl (C=O) groups excluding carboxylic acids is 1. The van der Waals surface area contributed by atoms with Crippen molar-refractivity contribution >= 4 is 5.97 Å². The molecule has 0 bridgehead atoms. The molecule has 4 nitrogen and oxygen atoms in total. The van der Waals surface area contributed by atoms with Crippen molar-refractivity contribution in [1.29, 1.82) is 0 Å². The minimum absolute atomic E-state index is 0.0202. The molecule has 1 aliphatic carbocycles. The smallest absolute Gasteiger partial charge is 0.310 e. The molecule has 0 saturated heterocycles. The molecule has 0 aromatic carbocycles. The van der Waals surface area contributed by atoms with Gasteiger partial charge in [0.25, 0.3) is 0 Å². The van der Waals surface area contributed by atoms with E-state index in [-0.39, 0.29) is 24.1 Å². The molecule has 0 heterocycles. The lowest BCUT2D eigenvalue weighted by atomic mass is 9.94. The van der Waals surface area contributed by atoms with Gasteiger partial charge in [-0.1, -0.05) is 6.92 Å². The summed E-state index contributed by atoms with van der Waals surface area (Å²) in [4.78, 5) is 11.7. The molecule has 1 aliphatic rings. The number of nitrogens with two attached hydrogens (primary N) is 1. The predicted octanol–water partition coefficient (Wildman–Crippen LogP) is 1.47. The van der Waals surface area contributed by atoms with Crippen molar-refractivity contribution in [2.75, 3.05) is 13.7 Å². The van der Waals surface area contributed by atoms with E-state index < -0.39 is 0 Å². The Kier molecular flexibility index (Phi) is 5.77. The van der Waals surface area contributed by atoms with Gasteiger partial charge in [-0.3, -0.25) is 4.79 Å². The van der Waals surface area contributed by atoms with Gasteiger partial charge in [-0.15, -0.1) is 0 Å². The van der Waals surface area contributed by atoms with Gasteiger partial charge in [0.1, 0.15) is 6.10 Å². The lowest BCUT2D eigenvalue weighted by Gasteiger charge is -2.28. The zero-order valence-corrected chi connectivity index (χ0v) is 10.3. The van der Waals surface area contributed by atoms with E-state index in [4.69, 9.17) is 15.2 Å². The monoisotopic (exact) mass is 229 g/mol. The predicted molar refractivity (Wildman–Crippen MR) is 62.0 cm³/mol. The summed E-state index contributed by atoms with van der Waals surface area (Å²) < 4.78 is 10.8. The van der Waals surface area contributed by atoms with Gasteiger partial charge in [0.05, 0.1) is 12.0 Å². The molecule has 3 atom stereocenters. The normalized spacial score (nSPS) is 27.4. The molecule has 94 valence electrons. The van der Waals surface area contributed by atoms with Crippen molar-refractivity contribution in [2.45, 2.75) is 51.2 Å². The quantitative estimate of drug-likeness (QED) is 0.725. The Bertz CT molecular complexity index is 216. The lowest BCUT2D eigenvalue weighted by molar-refractivity contribution is -0.157. The Morgan fingerprint density at radius 3 is 2.69 bits per heavy atom. The van der Waals surface area contributed by atoms with Crippen LogP contribution in [0.25, 0.3) is 0 Å². The number of esters is 1. The lowest BCUT2D eigenvalue weighted by Crippen LogP contribution is -2.33. The molecule has 0 radical (unpaired) electrons. The van der Waals surface area contributed by atoms with E-state index in [0.29, 0.717) is 6.54 Å². The highest BCUT2D eigenvalue weighted by molar-refractivity contribution is 5.72. The van der Waals surface area contributed by atoms with Crippen molar-refractivity contribution in [3.8, 4) is 0 Å². The first-order valence-electron chi connectivity index (χ1n) is 6.14. The summed E-state index contributed by atoms with van der Waals surface area (Å²) in [6.45, 7) is 2.33. The fourth-order valence-electron chi connectivity index (χ4n) is 2.11. The Morgan fingerprint density at radius 2 is 2.12 bits per heavy atom. The largest absolute Gasteiger partial charge is 0.462 e. The Labute approximate surface area is 97.5 Å². The second kappa shape index (κ2) is 6.86. The molecule has 4 heteroatoms. The number of rotatable bonds is 5. The first kappa shape index (κ1) is 13.5. The van der Waals surface area contributed by atoms with Crippen molar-refractivity contribution in [3.05, 3.63) is 0 Å². The fourth-order valence-corrected chi connectivity index (χ4v) is 2.11. The van der Waals surface area contributed by atoms with Gasteiger partial charge < -0.3 is 15.2 Å². The summed E-state index contributed by atoms with van der Waals surface area (Å²) in [5, 5.41) is 0. The average molecular weight is 229 g/mol. The summed E-state index contributed by atoms with van der Waals surface area (Å²) in [5.74, 6) is -0.297. The second-order valence-corrected chi connectivity index (χ2v) is 4.42. The van der Waals surface area contributed by atoms with Crippen molar-refractivity contribution in [2.24, 2.45) is 11.7 Å². The number of ether oxygens (including phenoxy) is 2. The van der Waals surface area contributed by atoms with E-state index in [0.717, 1.165) is 32.1 Å². The molecule has 1 fully saturated rings. The summed E-state index contributed by atoms with van der Waals surface area (Å²) >= 11 is 0. The van der Waals surface area contributed by atoms with E-state index in [1.165, 1.54) is 0 Å². The Hall–Kier alpha value is -0.610. The van der Waals surface area contributed by atoms with Crippen LogP contribution < -0.4 is 5.73 Å². The molecule has 3 unspecified atom stereocenters. The van der Waals surface area contributed by atoms with Crippen molar-refractivity contribution < 1.29 is 14.3 Å². The summed E-state index contributed by atoms with van der Waals surface area (Å²) in [6, 6.07) is 0. The summed E-state index contributed by atoms with van der Waals surface area (Å²) in [7, 11) is 1.71. The highest BCUT2D eigenvalue weighted by atomic mass is 16.5. The maximum absolute atomic E-state index is 11.7. The van der Waals surface area contributed by atoms with E-state index in [1.807, 2.05) is 6.92 Å². The number of carbonyl (C=O) groups is 1. The molecule has 0 aromatic rings. The molecule has 0 aliphatic heterocycles. The summed E-state index contributed by atoms with van der Waals surface area (Å²) in [5.41, 5.74) is 5.52. The highest BCUT2D eigenvalue weighted by Crippen LogP contribution is 2.24. The van der Waals surface area contributed by atoms with Crippen LogP contribution in [0, 0.1) is 5.92 Å². The second-order valence-electron chi connectivity index (χ2n) is 4.42. The maximum atomic E-state index is 11.7. The maximum Gasteiger partial charge on any atom is 0.310 e. The molecular weight excluding hydrogens is 206 g/mol. The van der Waals surface area contributed by atoms with Crippen molar-refractivity contribution in [3.63, 3.8) is 0 Å². The first-order chi connectivity index (χ1) is 7.71. The fraction of sp³-hybridized carbons (Fsp3) is 0.917. The van der Waals surface area contributed by atoms with Crippen LogP contribution in [0.4, 0.5) is 0 Å². The van der Waals surface area contributed by atoms with Gasteiger partial charge in [0.2, 0.25) is 0 Å². The van der Waals surface area contributed by atoms with E-state index in [1.54, 1.807) is 7.11 Å². The Morgan fingerprint density at radius 1 is 1.44 bits per heavy atom. The molecule has 1 rings (SSSR count). The van der Waals surface area contributed by atoms with Crippen LogP contribution in [0.2, 0.25) is 0 Å². The number of hydrogen-bond donors (Lipinski definition) is 1. The van der Waals surface area contributed by atoms with Crippen LogP contribution in [-0.4, -0.2) is 31.8 Å². The zero-order valence-electron chi connectivity index (χ0n) is 10.3. The van der Waals surface area contributed by atoms with Crippen LogP contribution in [0.1, 0.15) is 39.0 Å². The first-order valence-corrected chi connectivity index (χ1v) is 6.14. The third-order valence-corrected chi connectivity index (χ3v) is 3.30. The van der Waals surface area contributed by atoms with Gasteiger partial charge in [-0.25, -0.2) is 0 Å². The molecule has 0 aromatic heterocycles. The standard InChI is InChI=1S/C12H23NO3/c1-3-9(8-13)12(14)16-11-6-4-5-10(7-11)15-2/h9-11H,3-8,13H2,1-2H3. The van der Waals surface area contributed by atoms with Crippen LogP contribution >= 0.6 is 0 Å². The topological polar surface area (TPSA) is 61.6 Å². The number of hydrogen-bond acceptors (Lipinski definition) is 4. The van der Waals surface area contributed by atoms with E-state index in [9.17, 15) is 4.79 Å².